The van der Waals surface area contributed by atoms with Crippen LogP contribution in [0, 0.1) is 18.7 Å². The zero-order valence-electron chi connectivity index (χ0n) is 17.0. The molecule has 1 atom stereocenters. The molecule has 1 unspecified atom stereocenters. The van der Waals surface area contributed by atoms with Crippen LogP contribution in [0.5, 0.6) is 0 Å². The fraction of sp³-hybridized carbons (Fsp3) is 0.348. The number of nitrogens with zero attached hydrogens (tertiary/aromatic N) is 2. The number of hydrogen-bond acceptors (Lipinski definition) is 4. The number of benzene rings is 2. The average Bonchev–Trinajstić information content (AvgIpc) is 2.73. The Labute approximate surface area is 177 Å². The molecule has 0 amide bonds. The smallest absolute Gasteiger partial charge is 0.240 e. The first kappa shape index (κ1) is 20.9. The Morgan fingerprint density at radius 2 is 2.00 bits per heavy atom. The number of aryl methyl sites for hydroxylation is 1. The highest BCUT2D eigenvalue weighted by Crippen LogP contribution is 2.23. The van der Waals surface area contributed by atoms with Crippen molar-refractivity contribution < 1.29 is 12.8 Å². The maximum absolute atomic E-state index is 14.0. The van der Waals surface area contributed by atoms with Crippen LogP contribution in [0.15, 0.2) is 59.6 Å². The van der Waals surface area contributed by atoms with Crippen LogP contribution >= 0.6 is 0 Å². The van der Waals surface area contributed by atoms with Crippen molar-refractivity contribution >= 4 is 20.9 Å². The molecule has 1 N–H and O–H groups in total. The molecule has 0 bridgehead atoms. The van der Waals surface area contributed by atoms with E-state index in [9.17, 15) is 12.8 Å². The van der Waals surface area contributed by atoms with Crippen LogP contribution < -0.4 is 4.72 Å². The van der Waals surface area contributed by atoms with E-state index in [2.05, 4.69) is 14.6 Å². The maximum Gasteiger partial charge on any atom is 0.240 e. The monoisotopic (exact) mass is 427 g/mol. The van der Waals surface area contributed by atoms with Gasteiger partial charge in [0, 0.05) is 31.2 Å². The van der Waals surface area contributed by atoms with E-state index in [1.807, 2.05) is 19.1 Å². The number of nitrogens with one attached hydrogen (secondary N) is 1. The summed E-state index contributed by atoms with van der Waals surface area (Å²) in [5, 5.41) is 0.798. The number of rotatable bonds is 6. The molecule has 2 heterocycles. The van der Waals surface area contributed by atoms with Crippen molar-refractivity contribution in [3.05, 3.63) is 71.7 Å². The lowest BCUT2D eigenvalue weighted by Gasteiger charge is -2.33. The van der Waals surface area contributed by atoms with E-state index < -0.39 is 10.0 Å². The van der Waals surface area contributed by atoms with E-state index >= 15 is 0 Å². The summed E-state index contributed by atoms with van der Waals surface area (Å²) in [6.45, 7) is 4.60. The third-order valence-electron chi connectivity index (χ3n) is 5.64. The number of sulfonamides is 1. The number of piperidine rings is 1. The van der Waals surface area contributed by atoms with Gasteiger partial charge in [0.25, 0.3) is 0 Å². The second-order valence-electron chi connectivity index (χ2n) is 8.05. The Bertz CT molecular complexity index is 1130. The summed E-state index contributed by atoms with van der Waals surface area (Å²) in [6, 6.07) is 13.6. The molecule has 1 saturated heterocycles. The Morgan fingerprint density at radius 1 is 1.20 bits per heavy atom. The highest BCUT2D eigenvalue weighted by Gasteiger charge is 2.23. The number of fused-ring (bicyclic) bond motifs is 1. The molecule has 1 aliphatic rings. The summed E-state index contributed by atoms with van der Waals surface area (Å²) >= 11 is 0. The van der Waals surface area contributed by atoms with Crippen LogP contribution in [0.2, 0.25) is 0 Å². The van der Waals surface area contributed by atoms with Crippen molar-refractivity contribution in [1.82, 2.24) is 14.6 Å². The number of likely N-dealkylation sites (tertiary alicyclic amines) is 1. The van der Waals surface area contributed by atoms with Crippen LogP contribution in [0.25, 0.3) is 10.9 Å². The summed E-state index contributed by atoms with van der Waals surface area (Å²) < 4.78 is 41.9. The predicted octanol–water partition coefficient (Wildman–Crippen LogP) is 3.87. The van der Waals surface area contributed by atoms with Crippen molar-refractivity contribution in [2.24, 2.45) is 5.92 Å². The van der Waals surface area contributed by atoms with Gasteiger partial charge in [-0.3, -0.25) is 9.88 Å². The highest BCUT2D eigenvalue weighted by atomic mass is 32.2. The van der Waals surface area contributed by atoms with Crippen LogP contribution in [-0.2, 0) is 16.6 Å². The first-order valence-electron chi connectivity index (χ1n) is 10.2. The zero-order valence-corrected chi connectivity index (χ0v) is 17.8. The molecule has 0 radical (unpaired) electrons. The predicted molar refractivity (Wildman–Crippen MR) is 116 cm³/mol. The Kier molecular flexibility index (Phi) is 6.13. The quantitative estimate of drug-likeness (QED) is 0.649. The van der Waals surface area contributed by atoms with E-state index in [0.29, 0.717) is 13.1 Å². The van der Waals surface area contributed by atoms with E-state index in [4.69, 9.17) is 0 Å². The molecule has 2 aromatic carbocycles. The maximum atomic E-state index is 14.0. The van der Waals surface area contributed by atoms with Crippen LogP contribution in [0.4, 0.5) is 4.39 Å². The highest BCUT2D eigenvalue weighted by molar-refractivity contribution is 7.89. The number of hydrogen-bond donors (Lipinski definition) is 1. The lowest BCUT2D eigenvalue weighted by Crippen LogP contribution is -2.40. The third kappa shape index (κ3) is 4.86. The zero-order chi connectivity index (χ0) is 21.1. The molecule has 7 heteroatoms. The summed E-state index contributed by atoms with van der Waals surface area (Å²) in [5.41, 5.74) is 2.71. The van der Waals surface area contributed by atoms with Crippen molar-refractivity contribution in [2.45, 2.75) is 31.2 Å². The first-order chi connectivity index (χ1) is 14.4. The minimum Gasteiger partial charge on any atom is -0.299 e. The topological polar surface area (TPSA) is 62.3 Å². The molecule has 158 valence electrons. The number of pyridine rings is 1. The lowest BCUT2D eigenvalue weighted by atomic mass is 9.97. The molecule has 0 spiro atoms. The lowest BCUT2D eigenvalue weighted by molar-refractivity contribution is 0.169. The van der Waals surface area contributed by atoms with Crippen molar-refractivity contribution in [1.29, 1.82) is 0 Å². The minimum atomic E-state index is -3.52. The van der Waals surface area contributed by atoms with Gasteiger partial charge in [0.05, 0.1) is 10.4 Å². The fourth-order valence-electron chi connectivity index (χ4n) is 4.08. The molecule has 4 rings (SSSR count). The second kappa shape index (κ2) is 8.79. The molecule has 0 saturated carbocycles. The van der Waals surface area contributed by atoms with Gasteiger partial charge in [-0.2, -0.15) is 0 Å². The van der Waals surface area contributed by atoms with E-state index in [1.54, 1.807) is 36.5 Å². The average molecular weight is 428 g/mol. The Hall–Kier alpha value is -2.35. The van der Waals surface area contributed by atoms with Crippen LogP contribution in [0.3, 0.4) is 0 Å². The SMILES string of the molecule is Cc1ccc(S(=O)(=O)NCC2CCCN(Cc3cc(F)cc4cccnc34)C2)cc1. The number of halogens is 1. The van der Waals surface area contributed by atoms with Gasteiger partial charge in [0.2, 0.25) is 10.0 Å². The van der Waals surface area contributed by atoms with Crippen molar-refractivity contribution in [2.75, 3.05) is 19.6 Å². The van der Waals surface area contributed by atoms with E-state index in [0.717, 1.165) is 48.0 Å². The van der Waals surface area contributed by atoms with E-state index in [1.165, 1.54) is 6.07 Å². The molecular weight excluding hydrogens is 401 g/mol. The molecule has 30 heavy (non-hydrogen) atoms. The van der Waals surface area contributed by atoms with Gasteiger partial charge in [-0.1, -0.05) is 23.8 Å². The van der Waals surface area contributed by atoms with Gasteiger partial charge in [0.1, 0.15) is 5.82 Å². The largest absolute Gasteiger partial charge is 0.299 e. The summed E-state index contributed by atoms with van der Waals surface area (Å²) in [6.07, 6.45) is 3.68. The third-order valence-corrected chi connectivity index (χ3v) is 7.08. The molecule has 3 aromatic rings. The van der Waals surface area contributed by atoms with Crippen LogP contribution in [0.1, 0.15) is 24.0 Å². The molecular formula is C23H26FN3O2S. The van der Waals surface area contributed by atoms with Gasteiger partial charge in [-0.15, -0.1) is 0 Å². The normalized spacial score (nSPS) is 18.0. The van der Waals surface area contributed by atoms with Crippen molar-refractivity contribution in [3.63, 3.8) is 0 Å². The Morgan fingerprint density at radius 3 is 2.80 bits per heavy atom. The summed E-state index contributed by atoms with van der Waals surface area (Å²) in [7, 11) is -3.52. The van der Waals surface area contributed by atoms with Gasteiger partial charge < -0.3 is 0 Å². The molecule has 1 aromatic heterocycles. The van der Waals surface area contributed by atoms with Gasteiger partial charge in [-0.25, -0.2) is 17.5 Å². The van der Waals surface area contributed by atoms with Crippen LogP contribution in [-0.4, -0.2) is 37.9 Å². The molecule has 0 aliphatic carbocycles. The van der Waals surface area contributed by atoms with E-state index in [-0.39, 0.29) is 16.6 Å². The Balaban J connectivity index is 1.41. The van der Waals surface area contributed by atoms with Crippen molar-refractivity contribution in [3.8, 4) is 0 Å². The molecule has 1 aliphatic heterocycles. The van der Waals surface area contributed by atoms with Gasteiger partial charge in [0.15, 0.2) is 0 Å². The standard InChI is InChI=1S/C23H26FN3O2S/c1-17-6-8-22(9-7-17)30(28,29)26-14-18-4-3-11-27(15-18)16-20-13-21(24)12-19-5-2-10-25-23(19)20/h2,5-10,12-13,18,26H,3-4,11,14-16H2,1H3. The summed E-state index contributed by atoms with van der Waals surface area (Å²) in [4.78, 5) is 6.98. The second-order valence-corrected chi connectivity index (χ2v) is 9.82. The fourth-order valence-corrected chi connectivity index (χ4v) is 5.19. The summed E-state index contributed by atoms with van der Waals surface area (Å²) in [5.74, 6) is -0.0447. The molecule has 1 fully saturated rings. The first-order valence-corrected chi connectivity index (χ1v) is 11.7. The molecule has 5 nitrogen and oxygen atoms in total. The van der Waals surface area contributed by atoms with Gasteiger partial charge >= 0.3 is 0 Å². The number of aromatic nitrogens is 1. The minimum absolute atomic E-state index is 0.215. The van der Waals surface area contributed by atoms with Gasteiger partial charge in [-0.05, 0) is 68.1 Å².